The largest absolute Gasteiger partial charge is 0.310 e. The van der Waals surface area contributed by atoms with E-state index in [1.54, 1.807) is 0 Å². The van der Waals surface area contributed by atoms with Crippen molar-refractivity contribution in [1.29, 1.82) is 0 Å². The predicted octanol–water partition coefficient (Wildman–Crippen LogP) is 15.8. The van der Waals surface area contributed by atoms with Crippen LogP contribution in [0.3, 0.4) is 0 Å². The van der Waals surface area contributed by atoms with Crippen molar-refractivity contribution >= 4 is 61.5 Å². The van der Waals surface area contributed by atoms with Crippen LogP contribution in [0.1, 0.15) is 11.1 Å². The van der Waals surface area contributed by atoms with Gasteiger partial charge in [-0.1, -0.05) is 206 Å². The van der Waals surface area contributed by atoms with Gasteiger partial charge in [-0.2, -0.15) is 0 Å². The van der Waals surface area contributed by atoms with Crippen LogP contribution in [0.2, 0.25) is 0 Å². The molecule has 0 fully saturated rings. The summed E-state index contributed by atoms with van der Waals surface area (Å²) in [4.78, 5) is 2.34. The number of rotatable bonds is 8. The van der Waals surface area contributed by atoms with Gasteiger partial charge in [-0.15, -0.1) is 0 Å². The summed E-state index contributed by atoms with van der Waals surface area (Å²) in [5.74, 6) is 0. The predicted molar refractivity (Wildman–Crippen MR) is 245 cm³/mol. The summed E-state index contributed by atoms with van der Waals surface area (Å²) >= 11 is 0. The lowest BCUT2D eigenvalue weighted by Crippen LogP contribution is -2.10. The molecule has 10 aromatic rings. The zero-order valence-electron chi connectivity index (χ0n) is 31.5. The molecular weight excluding hydrogens is 687 g/mol. The zero-order valence-corrected chi connectivity index (χ0v) is 31.5. The Morgan fingerprint density at radius 3 is 1.16 bits per heavy atom. The maximum atomic E-state index is 2.34. The molecule has 0 saturated carbocycles. The van der Waals surface area contributed by atoms with Crippen LogP contribution >= 0.6 is 0 Å². The molecule has 268 valence electrons. The molecule has 0 atom stereocenters. The van der Waals surface area contributed by atoms with Crippen molar-refractivity contribution in [3.63, 3.8) is 0 Å². The Kier molecular flexibility index (Phi) is 8.95. The van der Waals surface area contributed by atoms with Crippen molar-refractivity contribution in [2.24, 2.45) is 0 Å². The van der Waals surface area contributed by atoms with E-state index in [2.05, 4.69) is 242 Å². The summed E-state index contributed by atoms with van der Waals surface area (Å²) in [6, 6.07) is 80.9. The summed E-state index contributed by atoms with van der Waals surface area (Å²) < 4.78 is 0. The first-order valence-electron chi connectivity index (χ1n) is 19.6. The maximum absolute atomic E-state index is 2.34. The van der Waals surface area contributed by atoms with E-state index >= 15 is 0 Å². The van der Waals surface area contributed by atoms with Crippen molar-refractivity contribution in [2.75, 3.05) is 4.90 Å². The van der Waals surface area contributed by atoms with Crippen molar-refractivity contribution in [1.82, 2.24) is 0 Å². The van der Waals surface area contributed by atoms with Crippen LogP contribution in [0.15, 0.2) is 224 Å². The van der Waals surface area contributed by atoms with Crippen molar-refractivity contribution in [2.45, 2.75) is 0 Å². The molecule has 0 aliphatic carbocycles. The van der Waals surface area contributed by atoms with Crippen LogP contribution in [0.4, 0.5) is 17.1 Å². The number of hydrogen-bond donors (Lipinski definition) is 0. The number of nitrogens with zero attached hydrogens (tertiary/aromatic N) is 1. The third kappa shape index (κ3) is 6.46. The van der Waals surface area contributed by atoms with E-state index in [1.807, 2.05) is 0 Å². The van der Waals surface area contributed by atoms with E-state index in [-0.39, 0.29) is 0 Å². The van der Waals surface area contributed by atoms with Gasteiger partial charge in [-0.3, -0.25) is 0 Å². The molecular formula is C56H39N. The molecule has 10 rings (SSSR count). The van der Waals surface area contributed by atoms with Crippen molar-refractivity contribution in [3.8, 4) is 33.4 Å². The molecule has 0 aliphatic rings. The van der Waals surface area contributed by atoms with E-state index < -0.39 is 0 Å². The first-order valence-corrected chi connectivity index (χ1v) is 19.6. The Hall–Kier alpha value is -7.48. The lowest BCUT2D eigenvalue weighted by molar-refractivity contribution is 1.30. The summed E-state index contributed by atoms with van der Waals surface area (Å²) in [5, 5.41) is 7.46. The molecule has 10 aromatic carbocycles. The molecule has 0 amide bonds. The quantitative estimate of drug-likeness (QED) is 0.111. The Balaban J connectivity index is 1.01. The van der Waals surface area contributed by atoms with Gasteiger partial charge in [0.25, 0.3) is 0 Å². The number of benzene rings is 10. The highest BCUT2D eigenvalue weighted by molar-refractivity contribution is 6.21. The Bertz CT molecular complexity index is 2920. The van der Waals surface area contributed by atoms with E-state index in [0.717, 1.165) is 22.6 Å². The van der Waals surface area contributed by atoms with Gasteiger partial charge in [-0.05, 0) is 102 Å². The Labute approximate surface area is 334 Å². The molecule has 0 heterocycles. The molecule has 0 unspecified atom stereocenters. The minimum Gasteiger partial charge on any atom is -0.310 e. The minimum atomic E-state index is 1.13. The number of fused-ring (bicyclic) bond motifs is 3. The normalized spacial score (nSPS) is 11.4. The van der Waals surface area contributed by atoms with E-state index in [4.69, 9.17) is 0 Å². The summed E-state index contributed by atoms with van der Waals surface area (Å²) in [6.45, 7) is 0. The summed E-state index contributed by atoms with van der Waals surface area (Å²) in [7, 11) is 0. The third-order valence-electron chi connectivity index (χ3n) is 11.1. The molecule has 0 radical (unpaired) electrons. The Morgan fingerprint density at radius 2 is 0.649 bits per heavy atom. The lowest BCUT2D eigenvalue weighted by atomic mass is 9.85. The van der Waals surface area contributed by atoms with Crippen LogP contribution in [0.25, 0.3) is 77.9 Å². The van der Waals surface area contributed by atoms with Gasteiger partial charge in [0, 0.05) is 16.8 Å². The van der Waals surface area contributed by atoms with Gasteiger partial charge in [0.1, 0.15) is 0 Å². The second kappa shape index (κ2) is 15.0. The van der Waals surface area contributed by atoms with Crippen molar-refractivity contribution < 1.29 is 0 Å². The summed E-state index contributed by atoms with van der Waals surface area (Å²) in [5.41, 5.74) is 13.2. The van der Waals surface area contributed by atoms with Gasteiger partial charge in [0.2, 0.25) is 0 Å². The fourth-order valence-electron chi connectivity index (χ4n) is 8.39. The van der Waals surface area contributed by atoms with Crippen LogP contribution in [-0.4, -0.2) is 0 Å². The van der Waals surface area contributed by atoms with Crippen LogP contribution in [0, 0.1) is 0 Å². The van der Waals surface area contributed by atoms with Crippen LogP contribution in [0.5, 0.6) is 0 Å². The molecule has 1 heteroatoms. The Morgan fingerprint density at radius 1 is 0.263 bits per heavy atom. The van der Waals surface area contributed by atoms with E-state index in [0.29, 0.717) is 0 Å². The maximum Gasteiger partial charge on any atom is 0.0540 e. The van der Waals surface area contributed by atoms with E-state index in [1.165, 1.54) is 71.3 Å². The first-order chi connectivity index (χ1) is 28.3. The molecule has 0 aromatic heterocycles. The average molecular weight is 726 g/mol. The van der Waals surface area contributed by atoms with Crippen LogP contribution < -0.4 is 4.90 Å². The monoisotopic (exact) mass is 725 g/mol. The average Bonchev–Trinajstić information content (AvgIpc) is 3.29. The SMILES string of the molecule is C(=Cc1ccc(N(c2ccccc2)c2ccccc2)c2ccccc12)c1ccc(-c2c3ccccc3c(-c3ccc(-c4ccccc4)cc3)c3ccccc23)cc1. The molecule has 0 aliphatic heterocycles. The van der Waals surface area contributed by atoms with E-state index in [9.17, 15) is 0 Å². The lowest BCUT2D eigenvalue weighted by Gasteiger charge is -2.27. The topological polar surface area (TPSA) is 3.24 Å². The molecule has 0 saturated heterocycles. The third-order valence-corrected chi connectivity index (χ3v) is 11.1. The van der Waals surface area contributed by atoms with Crippen LogP contribution in [-0.2, 0) is 0 Å². The molecule has 0 N–H and O–H groups in total. The zero-order chi connectivity index (χ0) is 38.0. The smallest absolute Gasteiger partial charge is 0.0540 e. The number of hydrogen-bond acceptors (Lipinski definition) is 1. The highest BCUT2D eigenvalue weighted by atomic mass is 15.1. The van der Waals surface area contributed by atoms with Gasteiger partial charge in [0.15, 0.2) is 0 Å². The highest BCUT2D eigenvalue weighted by Gasteiger charge is 2.18. The van der Waals surface area contributed by atoms with Gasteiger partial charge in [-0.25, -0.2) is 0 Å². The number of para-hydroxylation sites is 2. The van der Waals surface area contributed by atoms with Crippen molar-refractivity contribution in [3.05, 3.63) is 236 Å². The number of anilines is 3. The second-order valence-corrected chi connectivity index (χ2v) is 14.5. The summed E-state index contributed by atoms with van der Waals surface area (Å²) in [6.07, 6.45) is 4.48. The van der Waals surface area contributed by atoms with Gasteiger partial charge >= 0.3 is 0 Å². The fraction of sp³-hybridized carbons (Fsp3) is 0. The first kappa shape index (κ1) is 34.0. The highest BCUT2D eigenvalue weighted by Crippen LogP contribution is 2.44. The molecule has 0 bridgehead atoms. The molecule has 1 nitrogen and oxygen atoms in total. The van der Waals surface area contributed by atoms with Gasteiger partial charge in [0.05, 0.1) is 5.69 Å². The second-order valence-electron chi connectivity index (χ2n) is 14.5. The van der Waals surface area contributed by atoms with Gasteiger partial charge < -0.3 is 4.90 Å². The fourth-order valence-corrected chi connectivity index (χ4v) is 8.39. The molecule has 0 spiro atoms. The standard InChI is InChI=1S/C56H39N/c1-4-16-41(17-5-1)42-34-36-45(37-35-42)56-52-26-14-12-24-50(52)55(51-25-13-15-27-53(51)56)44-32-29-40(30-33-44)28-31-43-38-39-54(49-23-11-10-22-48(43)49)57(46-18-6-2-7-19-46)47-20-8-3-9-21-47/h1-39H. The minimum absolute atomic E-state index is 1.13. The molecule has 57 heavy (non-hydrogen) atoms.